The summed E-state index contributed by atoms with van der Waals surface area (Å²) in [6.07, 6.45) is 4.55. The molecular weight excluding hydrogens is 368 g/mol. The number of amides is 1. The average Bonchev–Trinajstić information content (AvgIpc) is 2.67. The summed E-state index contributed by atoms with van der Waals surface area (Å²) < 4.78 is 32.4. The molecule has 0 aliphatic carbocycles. The highest BCUT2D eigenvalue weighted by Gasteiger charge is 2.14. The number of nitrogens with one attached hydrogen (secondary N) is 2. The Morgan fingerprint density at radius 1 is 1.04 bits per heavy atom. The van der Waals surface area contributed by atoms with Crippen LogP contribution in [0.25, 0.3) is 6.08 Å². The van der Waals surface area contributed by atoms with Crippen LogP contribution in [-0.4, -0.2) is 26.6 Å². The zero-order valence-corrected chi connectivity index (χ0v) is 15.7. The molecule has 2 aromatic carbocycles. The van der Waals surface area contributed by atoms with Crippen molar-refractivity contribution in [1.82, 2.24) is 5.48 Å². The molecule has 0 fully saturated rings. The number of ether oxygens (including phenoxy) is 1. The lowest BCUT2D eigenvalue weighted by molar-refractivity contribution is -0.124. The predicted molar refractivity (Wildman–Crippen MR) is 103 cm³/mol. The number of rotatable bonds is 7. The molecule has 27 heavy (non-hydrogen) atoms. The fourth-order valence-electron chi connectivity index (χ4n) is 2.17. The quantitative estimate of drug-likeness (QED) is 0.293. The van der Waals surface area contributed by atoms with Gasteiger partial charge in [-0.3, -0.25) is 14.7 Å². The van der Waals surface area contributed by atoms with Gasteiger partial charge in [-0.05, 0) is 48.9 Å². The van der Waals surface area contributed by atoms with Crippen LogP contribution in [0.4, 0.5) is 5.69 Å². The number of allylic oxidation sites excluding steroid dienone is 2. The molecule has 0 heterocycles. The molecular formula is C19H20N2O5S. The molecule has 0 atom stereocenters. The van der Waals surface area contributed by atoms with Gasteiger partial charge in [0, 0.05) is 11.8 Å². The van der Waals surface area contributed by atoms with Crippen LogP contribution >= 0.6 is 0 Å². The van der Waals surface area contributed by atoms with Crippen LogP contribution in [0.5, 0.6) is 5.75 Å². The van der Waals surface area contributed by atoms with Gasteiger partial charge in [0.05, 0.1) is 12.0 Å². The summed E-state index contributed by atoms with van der Waals surface area (Å²) in [6.45, 7) is 1.79. The fraction of sp³-hybridized carbons (Fsp3) is 0.105. The van der Waals surface area contributed by atoms with E-state index in [1.807, 2.05) is 6.08 Å². The maximum absolute atomic E-state index is 12.4. The molecule has 0 radical (unpaired) electrons. The molecule has 0 aliphatic rings. The Morgan fingerprint density at radius 3 is 2.22 bits per heavy atom. The van der Waals surface area contributed by atoms with E-state index in [0.717, 1.165) is 11.1 Å². The van der Waals surface area contributed by atoms with Gasteiger partial charge < -0.3 is 4.74 Å². The van der Waals surface area contributed by atoms with E-state index < -0.39 is 15.9 Å². The van der Waals surface area contributed by atoms with Crippen LogP contribution in [0, 0.1) is 0 Å². The third-order valence-corrected chi connectivity index (χ3v) is 4.93. The van der Waals surface area contributed by atoms with Crippen molar-refractivity contribution in [1.29, 1.82) is 0 Å². The van der Waals surface area contributed by atoms with Crippen LogP contribution in [0.2, 0.25) is 0 Å². The van der Waals surface area contributed by atoms with Crippen molar-refractivity contribution in [2.24, 2.45) is 0 Å². The Morgan fingerprint density at radius 2 is 1.67 bits per heavy atom. The summed E-state index contributed by atoms with van der Waals surface area (Å²) in [5.74, 6) is -0.0444. The maximum atomic E-state index is 12.4. The molecule has 0 aromatic heterocycles. The number of hydrogen-bond donors (Lipinski definition) is 3. The molecule has 142 valence electrons. The largest absolute Gasteiger partial charge is 0.497 e. The van der Waals surface area contributed by atoms with E-state index in [2.05, 4.69) is 4.72 Å². The lowest BCUT2D eigenvalue weighted by Gasteiger charge is -2.09. The number of benzene rings is 2. The van der Waals surface area contributed by atoms with Crippen molar-refractivity contribution in [3.05, 3.63) is 71.8 Å². The first kappa shape index (κ1) is 20.2. The lowest BCUT2D eigenvalue weighted by Crippen LogP contribution is -2.14. The van der Waals surface area contributed by atoms with Crippen molar-refractivity contribution in [3.63, 3.8) is 0 Å². The first-order valence-corrected chi connectivity index (χ1v) is 9.40. The second kappa shape index (κ2) is 9.02. The van der Waals surface area contributed by atoms with Crippen LogP contribution in [0.15, 0.2) is 71.2 Å². The third kappa shape index (κ3) is 5.98. The van der Waals surface area contributed by atoms with Crippen LogP contribution < -0.4 is 14.9 Å². The smallest absolute Gasteiger partial charge is 0.267 e. The topological polar surface area (TPSA) is 105 Å². The monoisotopic (exact) mass is 388 g/mol. The Bertz CT molecular complexity index is 947. The van der Waals surface area contributed by atoms with Gasteiger partial charge >= 0.3 is 0 Å². The van der Waals surface area contributed by atoms with Crippen molar-refractivity contribution in [3.8, 4) is 5.75 Å². The lowest BCUT2D eigenvalue weighted by atomic mass is 10.1. The Kier molecular flexibility index (Phi) is 6.75. The SMILES string of the molecule is COc1ccc(S(=O)(=O)Nc2ccc(/C=C(C)/C=C/C(=O)NO)cc2)cc1. The van der Waals surface area contributed by atoms with Gasteiger partial charge in [0.1, 0.15) is 5.75 Å². The van der Waals surface area contributed by atoms with E-state index in [-0.39, 0.29) is 4.90 Å². The minimum Gasteiger partial charge on any atom is -0.497 e. The fourth-order valence-corrected chi connectivity index (χ4v) is 3.23. The van der Waals surface area contributed by atoms with Crippen LogP contribution in [0.1, 0.15) is 12.5 Å². The maximum Gasteiger partial charge on any atom is 0.267 e. The van der Waals surface area contributed by atoms with E-state index in [0.29, 0.717) is 11.4 Å². The number of hydrogen-bond acceptors (Lipinski definition) is 5. The number of hydroxylamine groups is 1. The zero-order valence-electron chi connectivity index (χ0n) is 14.8. The van der Waals surface area contributed by atoms with Gasteiger partial charge in [0.25, 0.3) is 15.9 Å². The highest BCUT2D eigenvalue weighted by atomic mass is 32.2. The van der Waals surface area contributed by atoms with Crippen molar-refractivity contribution >= 4 is 27.7 Å². The molecule has 2 aromatic rings. The normalized spacial score (nSPS) is 12.0. The first-order valence-electron chi connectivity index (χ1n) is 7.91. The summed E-state index contributed by atoms with van der Waals surface area (Å²) in [5, 5.41) is 8.44. The Balaban J connectivity index is 2.10. The Labute approximate surface area is 158 Å². The van der Waals surface area contributed by atoms with E-state index in [4.69, 9.17) is 9.94 Å². The van der Waals surface area contributed by atoms with E-state index in [1.165, 1.54) is 30.8 Å². The van der Waals surface area contributed by atoms with Gasteiger partial charge in [0.15, 0.2) is 0 Å². The van der Waals surface area contributed by atoms with Gasteiger partial charge in [-0.15, -0.1) is 0 Å². The second-order valence-electron chi connectivity index (χ2n) is 5.60. The molecule has 8 heteroatoms. The van der Waals surface area contributed by atoms with Crippen molar-refractivity contribution in [2.45, 2.75) is 11.8 Å². The molecule has 0 saturated heterocycles. The number of methoxy groups -OCH3 is 1. The molecule has 7 nitrogen and oxygen atoms in total. The summed E-state index contributed by atoms with van der Waals surface area (Å²) in [5.41, 5.74) is 3.55. The number of carbonyl (C=O) groups is 1. The molecule has 2 rings (SSSR count). The standard InChI is InChI=1S/C19H20N2O5S/c1-14(3-12-19(22)20-23)13-15-4-6-16(7-5-15)21-27(24,25)18-10-8-17(26-2)9-11-18/h3-13,21,23H,1-2H3,(H,20,22)/b12-3+,14-13+. The van der Waals surface area contributed by atoms with Crippen LogP contribution in [0.3, 0.4) is 0 Å². The minimum atomic E-state index is -3.70. The first-order chi connectivity index (χ1) is 12.8. The summed E-state index contributed by atoms with van der Waals surface area (Å²) in [7, 11) is -2.18. The minimum absolute atomic E-state index is 0.135. The molecule has 0 bridgehead atoms. The van der Waals surface area contributed by atoms with E-state index >= 15 is 0 Å². The predicted octanol–water partition coefficient (Wildman–Crippen LogP) is 2.96. The molecule has 0 saturated carbocycles. The number of anilines is 1. The summed E-state index contributed by atoms with van der Waals surface area (Å²) >= 11 is 0. The van der Waals surface area contributed by atoms with E-state index in [1.54, 1.807) is 49.4 Å². The highest BCUT2D eigenvalue weighted by molar-refractivity contribution is 7.92. The Hall–Kier alpha value is -3.10. The third-order valence-electron chi connectivity index (χ3n) is 3.53. The van der Waals surface area contributed by atoms with Gasteiger partial charge in [-0.1, -0.05) is 29.9 Å². The van der Waals surface area contributed by atoms with Gasteiger partial charge in [-0.2, -0.15) is 0 Å². The van der Waals surface area contributed by atoms with Gasteiger partial charge in [-0.25, -0.2) is 13.9 Å². The van der Waals surface area contributed by atoms with E-state index in [9.17, 15) is 13.2 Å². The summed E-state index contributed by atoms with van der Waals surface area (Å²) in [4.78, 5) is 11.1. The second-order valence-corrected chi connectivity index (χ2v) is 7.28. The molecule has 0 spiro atoms. The summed E-state index contributed by atoms with van der Waals surface area (Å²) in [6, 6.07) is 12.9. The molecule has 0 aliphatic heterocycles. The number of sulfonamides is 1. The molecule has 0 unspecified atom stereocenters. The van der Waals surface area contributed by atoms with Crippen LogP contribution in [-0.2, 0) is 14.8 Å². The highest BCUT2D eigenvalue weighted by Crippen LogP contribution is 2.20. The molecule has 1 amide bonds. The zero-order chi connectivity index (χ0) is 19.9. The average molecular weight is 388 g/mol. The number of carbonyl (C=O) groups excluding carboxylic acids is 1. The van der Waals surface area contributed by atoms with Crippen molar-refractivity contribution in [2.75, 3.05) is 11.8 Å². The van der Waals surface area contributed by atoms with Gasteiger partial charge in [0.2, 0.25) is 0 Å². The molecule has 3 N–H and O–H groups in total. The van der Waals surface area contributed by atoms with Crippen molar-refractivity contribution < 1.29 is 23.2 Å².